The Hall–Kier alpha value is -7.26. The summed E-state index contributed by atoms with van der Waals surface area (Å²) in [5, 5.41) is 19.4. The topological polar surface area (TPSA) is 121 Å². The summed E-state index contributed by atoms with van der Waals surface area (Å²) in [7, 11) is -4.51. The van der Waals surface area contributed by atoms with E-state index in [2.05, 4.69) is 46.1 Å². The number of rotatable bonds is 18. The first-order valence-corrected chi connectivity index (χ1v) is 29.8. The van der Waals surface area contributed by atoms with E-state index in [0.717, 1.165) is 137 Å². The first kappa shape index (κ1) is 53.2. The molecule has 0 amide bonds. The number of hydrogen-bond donors (Lipinski definition) is 0. The summed E-state index contributed by atoms with van der Waals surface area (Å²) in [6.07, 6.45) is 21.8. The molecule has 6 aromatic carbocycles. The summed E-state index contributed by atoms with van der Waals surface area (Å²) in [4.78, 5) is 7.25. The van der Waals surface area contributed by atoms with Crippen LogP contribution in [-0.4, -0.2) is 6.10 Å². The third-order valence-corrected chi connectivity index (χ3v) is 17.6. The maximum Gasteiger partial charge on any atom is 0.530 e. The number of hydrogen-bond acceptors (Lipinski definition) is 9. The Bertz CT molecular complexity index is 2980. The van der Waals surface area contributed by atoms with Crippen LogP contribution in [0.3, 0.4) is 0 Å². The molecule has 0 spiro atoms. The van der Waals surface area contributed by atoms with E-state index < -0.39 is 17.2 Å². The highest BCUT2D eigenvalue weighted by Gasteiger charge is 2.35. The molecule has 0 saturated heterocycles. The van der Waals surface area contributed by atoms with Crippen molar-refractivity contribution in [2.75, 3.05) is 0 Å². The summed E-state index contributed by atoms with van der Waals surface area (Å²) >= 11 is 0. The fourth-order valence-corrected chi connectivity index (χ4v) is 13.5. The number of nitrogens with zero attached hydrogens (tertiary/aromatic N) is 4. The van der Waals surface area contributed by atoms with E-state index in [-0.39, 0.29) is 17.9 Å². The summed E-state index contributed by atoms with van der Waals surface area (Å²) in [6.45, 7) is 15.3. The second-order valence-corrected chi connectivity index (χ2v) is 22.7. The highest BCUT2D eigenvalue weighted by molar-refractivity contribution is 7.43. The molecule has 392 valence electrons. The van der Waals surface area contributed by atoms with Crippen molar-refractivity contribution in [1.29, 1.82) is 10.5 Å². The molecule has 4 saturated carbocycles. The van der Waals surface area contributed by atoms with Crippen LogP contribution < -0.4 is 31.9 Å². The van der Waals surface area contributed by atoms with Crippen molar-refractivity contribution in [3.8, 4) is 63.5 Å². The van der Waals surface area contributed by atoms with Crippen LogP contribution in [0.1, 0.15) is 174 Å². The predicted molar refractivity (Wildman–Crippen MR) is 302 cm³/mol. The fourth-order valence-electron chi connectivity index (χ4n) is 11.4. The summed E-state index contributed by atoms with van der Waals surface area (Å²) < 4.78 is 49.3. The zero-order valence-corrected chi connectivity index (χ0v) is 45.3. The van der Waals surface area contributed by atoms with Crippen LogP contribution in [0.2, 0.25) is 0 Å². The van der Waals surface area contributed by atoms with Crippen LogP contribution in [0, 0.1) is 35.8 Å². The van der Waals surface area contributed by atoms with Gasteiger partial charge in [-0.3, -0.25) is 0 Å². The van der Waals surface area contributed by atoms with Gasteiger partial charge >= 0.3 is 17.2 Å². The van der Waals surface area contributed by atoms with Gasteiger partial charge in [0.15, 0.2) is 11.4 Å². The second kappa shape index (κ2) is 26.2. The van der Waals surface area contributed by atoms with Gasteiger partial charge in [-0.05, 0) is 184 Å². The molecule has 11 nitrogen and oxygen atoms in total. The SMILES string of the molecule is [C-]#[N+]c1ccc(OP(Oc2ccc([N+]#[C-])cc2)Oc2c(-c3cc(OC4CCCCC4)cc(C4CCCCC4)c3OP(Oc3ccc(C#N)cc3)Oc3ccc(C#N)cc3)cc(C3CCCCC3)cc2C2CCCCC2)cc1. The smallest absolute Gasteiger partial charge is 0.490 e. The highest BCUT2D eigenvalue weighted by atomic mass is 31.2. The largest absolute Gasteiger partial charge is 0.530 e. The van der Waals surface area contributed by atoms with Crippen LogP contribution in [0.15, 0.2) is 121 Å². The van der Waals surface area contributed by atoms with Gasteiger partial charge in [-0.1, -0.05) is 94.5 Å². The molecule has 4 aliphatic carbocycles. The molecule has 6 aromatic rings. The van der Waals surface area contributed by atoms with E-state index >= 15 is 0 Å². The van der Waals surface area contributed by atoms with Gasteiger partial charge in [0, 0.05) is 16.7 Å². The van der Waals surface area contributed by atoms with E-state index in [1.54, 1.807) is 97.1 Å². The highest BCUT2D eigenvalue weighted by Crippen LogP contribution is 2.57. The molecule has 0 aromatic heterocycles. The van der Waals surface area contributed by atoms with Gasteiger partial charge in [-0.15, -0.1) is 0 Å². The van der Waals surface area contributed by atoms with Crippen molar-refractivity contribution in [1.82, 2.24) is 0 Å². The van der Waals surface area contributed by atoms with E-state index in [4.69, 9.17) is 45.0 Å². The van der Waals surface area contributed by atoms with Gasteiger partial charge < -0.3 is 31.9 Å². The Morgan fingerprint density at radius 2 is 0.753 bits per heavy atom. The van der Waals surface area contributed by atoms with Crippen molar-refractivity contribution >= 4 is 28.6 Å². The molecule has 77 heavy (non-hydrogen) atoms. The lowest BCUT2D eigenvalue weighted by atomic mass is 9.77. The minimum absolute atomic E-state index is 0.0688. The van der Waals surface area contributed by atoms with Crippen molar-refractivity contribution < 1.29 is 31.9 Å². The molecule has 10 rings (SSSR count). The fraction of sp³-hybridized carbons (Fsp3) is 0.375. The first-order valence-electron chi connectivity index (χ1n) is 27.6. The Labute approximate surface area is 456 Å². The zero-order chi connectivity index (χ0) is 52.8. The minimum Gasteiger partial charge on any atom is -0.490 e. The molecule has 0 bridgehead atoms. The van der Waals surface area contributed by atoms with Crippen molar-refractivity contribution in [2.24, 2.45) is 0 Å². The molecule has 0 N–H and O–H groups in total. The molecule has 0 radical (unpaired) electrons. The summed E-state index contributed by atoms with van der Waals surface area (Å²) in [5.41, 5.74) is 7.02. The molecule has 0 atom stereocenters. The van der Waals surface area contributed by atoms with Gasteiger partial charge in [0.1, 0.15) is 40.2 Å². The number of ether oxygens (including phenoxy) is 1. The summed E-state index contributed by atoms with van der Waals surface area (Å²) in [6, 6.07) is 41.4. The molecular weight excluding hydrogens is 999 g/mol. The Morgan fingerprint density at radius 3 is 1.16 bits per heavy atom. The maximum atomic E-state index is 9.72. The monoisotopic (exact) mass is 1060 g/mol. The lowest BCUT2D eigenvalue weighted by Gasteiger charge is -2.32. The first-order chi connectivity index (χ1) is 37.9. The number of nitriles is 2. The van der Waals surface area contributed by atoms with Gasteiger partial charge in [-0.25, -0.2) is 9.69 Å². The quantitative estimate of drug-likeness (QED) is 0.0612. The average Bonchev–Trinajstić information content (AvgIpc) is 3.49. The second-order valence-electron chi connectivity index (χ2n) is 20.7. The Balaban J connectivity index is 1.21. The van der Waals surface area contributed by atoms with Gasteiger partial charge in [-0.2, -0.15) is 10.5 Å². The van der Waals surface area contributed by atoms with E-state index in [1.165, 1.54) is 24.8 Å². The summed E-state index contributed by atoms with van der Waals surface area (Å²) in [5.74, 6) is 4.64. The molecule has 4 fully saturated rings. The molecule has 0 aliphatic heterocycles. The van der Waals surface area contributed by atoms with E-state index in [1.807, 2.05) is 0 Å². The maximum absolute atomic E-state index is 9.72. The van der Waals surface area contributed by atoms with Crippen LogP contribution in [0.5, 0.6) is 40.2 Å². The normalized spacial score (nSPS) is 16.5. The molecule has 0 heterocycles. The van der Waals surface area contributed by atoms with Crippen molar-refractivity contribution in [3.05, 3.63) is 172 Å². The van der Waals surface area contributed by atoms with E-state index in [0.29, 0.717) is 62.9 Å². The predicted octanol–water partition coefficient (Wildman–Crippen LogP) is 19.6. The van der Waals surface area contributed by atoms with Crippen molar-refractivity contribution in [2.45, 2.75) is 152 Å². The van der Waals surface area contributed by atoms with Gasteiger partial charge in [0.25, 0.3) is 0 Å². The lowest BCUT2D eigenvalue weighted by Crippen LogP contribution is -2.20. The Kier molecular flexibility index (Phi) is 18.1. The molecule has 13 heteroatoms. The molecule has 0 unspecified atom stereocenters. The van der Waals surface area contributed by atoms with E-state index in [9.17, 15) is 10.5 Å². The Morgan fingerprint density at radius 1 is 0.390 bits per heavy atom. The third-order valence-electron chi connectivity index (χ3n) is 15.5. The zero-order valence-electron chi connectivity index (χ0n) is 43.5. The van der Waals surface area contributed by atoms with Crippen molar-refractivity contribution in [3.63, 3.8) is 0 Å². The number of benzene rings is 6. The third kappa shape index (κ3) is 13.8. The molecular formula is C64H64N4O7P2. The van der Waals surface area contributed by atoms with Crippen LogP contribution in [0.25, 0.3) is 20.8 Å². The molecule has 4 aliphatic rings. The standard InChI is InChI=1S/C64H64N4O7P2/c1-67-51-27-35-56(36-28-51)72-77(73-57-37-29-52(68-2)30-38-57)74-63-59(48-17-9-4-10-18-48)39-50(47-15-7-3-8-16-47)40-61(63)62-42-58(69-53-21-13-6-14-22-53)41-60(49-19-11-5-12-20-49)64(62)75-76(70-54-31-23-45(43-65)24-32-54)71-55-33-25-46(44-66)26-34-55/h23-42,47-49,53H,3-22H2. The average molecular weight is 1060 g/mol. The lowest BCUT2D eigenvalue weighted by molar-refractivity contribution is 0.154. The van der Waals surface area contributed by atoms with Gasteiger partial charge in [0.2, 0.25) is 0 Å². The van der Waals surface area contributed by atoms with Crippen LogP contribution >= 0.6 is 17.2 Å². The van der Waals surface area contributed by atoms with Crippen LogP contribution in [-0.2, 0) is 0 Å². The van der Waals surface area contributed by atoms with Crippen LogP contribution in [0.4, 0.5) is 11.4 Å². The van der Waals surface area contributed by atoms with Gasteiger partial charge in [0.05, 0.1) is 42.5 Å². The minimum atomic E-state index is -2.26.